The van der Waals surface area contributed by atoms with E-state index in [1.807, 2.05) is 0 Å². The summed E-state index contributed by atoms with van der Waals surface area (Å²) < 4.78 is 18.9. The minimum absolute atomic E-state index is 0.0558. The van der Waals surface area contributed by atoms with E-state index in [0.717, 1.165) is 0 Å². The maximum atomic E-state index is 13.6. The van der Waals surface area contributed by atoms with Gasteiger partial charge in [0.05, 0.1) is 30.9 Å². The van der Waals surface area contributed by atoms with Gasteiger partial charge in [0.15, 0.2) is 0 Å². The molecule has 0 spiro atoms. The second-order valence-corrected chi connectivity index (χ2v) is 5.09. The van der Waals surface area contributed by atoms with E-state index in [0.29, 0.717) is 23.7 Å². The summed E-state index contributed by atoms with van der Waals surface area (Å²) in [5, 5.41) is 19.1. The minimum atomic E-state index is -1.04. The molecular formula is C12H14Cl2FNO3. The third-order valence-corrected chi connectivity index (χ3v) is 3.73. The summed E-state index contributed by atoms with van der Waals surface area (Å²) in [6.07, 6.45) is -1.04. The predicted octanol–water partition coefficient (Wildman–Crippen LogP) is 1.82. The fraction of sp³-hybridized carbons (Fsp3) is 0.500. The van der Waals surface area contributed by atoms with Gasteiger partial charge in [-0.2, -0.15) is 0 Å². The van der Waals surface area contributed by atoms with Crippen molar-refractivity contribution in [1.82, 2.24) is 4.90 Å². The molecule has 1 fully saturated rings. The van der Waals surface area contributed by atoms with E-state index in [1.165, 1.54) is 12.1 Å². The molecule has 1 aliphatic heterocycles. The highest BCUT2D eigenvalue weighted by Crippen LogP contribution is 2.33. The molecule has 0 radical (unpaired) electrons. The fourth-order valence-electron chi connectivity index (χ4n) is 2.14. The molecule has 1 aromatic rings. The molecule has 0 saturated carbocycles. The first-order valence-electron chi connectivity index (χ1n) is 5.81. The summed E-state index contributed by atoms with van der Waals surface area (Å²) in [7, 11) is 0. The SMILES string of the molecule is OCC(O)N1CCOCC1c1cc(F)c(Cl)cc1Cl. The zero-order chi connectivity index (χ0) is 14.0. The van der Waals surface area contributed by atoms with Crippen molar-refractivity contribution >= 4 is 23.2 Å². The van der Waals surface area contributed by atoms with Crippen molar-refractivity contribution in [2.75, 3.05) is 26.4 Å². The molecule has 4 nitrogen and oxygen atoms in total. The van der Waals surface area contributed by atoms with Crippen molar-refractivity contribution in [3.63, 3.8) is 0 Å². The van der Waals surface area contributed by atoms with Crippen LogP contribution >= 0.6 is 23.2 Å². The Kier molecular flexibility index (Phi) is 5.00. The molecule has 2 atom stereocenters. The normalized spacial score (nSPS) is 22.5. The van der Waals surface area contributed by atoms with Crippen LogP contribution in [0.2, 0.25) is 10.0 Å². The van der Waals surface area contributed by atoms with Crippen LogP contribution in [0.4, 0.5) is 4.39 Å². The van der Waals surface area contributed by atoms with E-state index in [4.69, 9.17) is 33.0 Å². The molecule has 2 unspecified atom stereocenters. The summed E-state index contributed by atoms with van der Waals surface area (Å²) in [4.78, 5) is 1.62. The second kappa shape index (κ2) is 6.35. The zero-order valence-corrected chi connectivity index (χ0v) is 11.5. The molecule has 2 N–H and O–H groups in total. The van der Waals surface area contributed by atoms with Crippen LogP contribution in [-0.4, -0.2) is 47.7 Å². The van der Waals surface area contributed by atoms with Gasteiger partial charge >= 0.3 is 0 Å². The van der Waals surface area contributed by atoms with Crippen molar-refractivity contribution in [3.05, 3.63) is 33.6 Å². The van der Waals surface area contributed by atoms with Crippen LogP contribution in [0.1, 0.15) is 11.6 Å². The average molecular weight is 310 g/mol. The van der Waals surface area contributed by atoms with Crippen LogP contribution < -0.4 is 0 Å². The molecule has 1 saturated heterocycles. The number of hydrogen-bond donors (Lipinski definition) is 2. The van der Waals surface area contributed by atoms with Gasteiger partial charge in [-0.1, -0.05) is 23.2 Å². The Hall–Kier alpha value is -0.430. The van der Waals surface area contributed by atoms with Gasteiger partial charge in [-0.05, 0) is 17.7 Å². The summed E-state index contributed by atoms with van der Waals surface area (Å²) in [5.41, 5.74) is 0.482. The van der Waals surface area contributed by atoms with Crippen molar-refractivity contribution in [3.8, 4) is 0 Å². The lowest BCUT2D eigenvalue weighted by Crippen LogP contribution is -2.47. The number of halogens is 3. The topological polar surface area (TPSA) is 52.9 Å². The highest BCUT2D eigenvalue weighted by molar-refractivity contribution is 6.35. The number of nitrogens with zero attached hydrogens (tertiary/aromatic N) is 1. The Morgan fingerprint density at radius 3 is 2.84 bits per heavy atom. The first-order valence-corrected chi connectivity index (χ1v) is 6.57. The summed E-state index contributed by atoms with van der Waals surface area (Å²) >= 11 is 11.7. The van der Waals surface area contributed by atoms with Crippen molar-refractivity contribution in [1.29, 1.82) is 0 Å². The van der Waals surface area contributed by atoms with Gasteiger partial charge < -0.3 is 14.9 Å². The van der Waals surface area contributed by atoms with Crippen molar-refractivity contribution in [2.45, 2.75) is 12.3 Å². The van der Waals surface area contributed by atoms with E-state index < -0.39 is 24.7 Å². The van der Waals surface area contributed by atoms with E-state index in [1.54, 1.807) is 4.90 Å². The standard InChI is InChI=1S/C12H14Cl2FNO3/c13-8-4-9(14)10(15)3-7(8)11-6-19-2-1-16(11)12(18)5-17/h3-4,11-12,17-18H,1-2,5-6H2. The molecule has 0 aliphatic carbocycles. The number of rotatable bonds is 3. The average Bonchev–Trinajstić information content (AvgIpc) is 2.42. The Morgan fingerprint density at radius 1 is 1.42 bits per heavy atom. The first kappa shape index (κ1) is 15.0. The van der Waals surface area contributed by atoms with Gasteiger partial charge in [0, 0.05) is 11.6 Å². The molecule has 2 rings (SSSR count). The predicted molar refractivity (Wildman–Crippen MR) is 69.8 cm³/mol. The minimum Gasteiger partial charge on any atom is -0.392 e. The van der Waals surface area contributed by atoms with Crippen LogP contribution in [0, 0.1) is 5.82 Å². The van der Waals surface area contributed by atoms with Gasteiger partial charge in [0.2, 0.25) is 0 Å². The highest BCUT2D eigenvalue weighted by Gasteiger charge is 2.31. The molecule has 0 aromatic heterocycles. The number of hydrogen-bond acceptors (Lipinski definition) is 4. The smallest absolute Gasteiger partial charge is 0.142 e. The van der Waals surface area contributed by atoms with Gasteiger partial charge in [-0.3, -0.25) is 4.90 Å². The van der Waals surface area contributed by atoms with Crippen LogP contribution in [-0.2, 0) is 4.74 Å². The third kappa shape index (κ3) is 3.18. The van der Waals surface area contributed by atoms with Crippen LogP contribution in [0.15, 0.2) is 12.1 Å². The Labute approximate surface area is 120 Å². The highest BCUT2D eigenvalue weighted by atomic mass is 35.5. The number of aliphatic hydroxyl groups excluding tert-OH is 2. The van der Waals surface area contributed by atoms with E-state index in [9.17, 15) is 9.50 Å². The monoisotopic (exact) mass is 309 g/mol. The first-order chi connectivity index (χ1) is 9.04. The summed E-state index contributed by atoms with van der Waals surface area (Å²) in [6, 6.07) is 2.14. The lowest BCUT2D eigenvalue weighted by atomic mass is 10.0. The zero-order valence-electron chi connectivity index (χ0n) is 10.0. The molecule has 1 aromatic carbocycles. The van der Waals surface area contributed by atoms with Crippen LogP contribution in [0.3, 0.4) is 0 Å². The Bertz CT molecular complexity index is 461. The molecule has 1 heterocycles. The number of ether oxygens (including phenoxy) is 1. The lowest BCUT2D eigenvalue weighted by Gasteiger charge is -2.38. The molecule has 1 aliphatic rings. The summed E-state index contributed by atoms with van der Waals surface area (Å²) in [5.74, 6) is -0.579. The number of aliphatic hydroxyl groups is 2. The van der Waals surface area contributed by atoms with E-state index in [-0.39, 0.29) is 11.6 Å². The third-order valence-electron chi connectivity index (χ3n) is 3.11. The van der Waals surface area contributed by atoms with Gasteiger partial charge in [-0.25, -0.2) is 4.39 Å². The molecule has 0 bridgehead atoms. The summed E-state index contributed by atoms with van der Waals surface area (Å²) in [6.45, 7) is 0.705. The Morgan fingerprint density at radius 2 is 2.16 bits per heavy atom. The van der Waals surface area contributed by atoms with Gasteiger partial charge in [0.25, 0.3) is 0 Å². The maximum absolute atomic E-state index is 13.6. The van der Waals surface area contributed by atoms with E-state index >= 15 is 0 Å². The molecule has 106 valence electrons. The maximum Gasteiger partial charge on any atom is 0.142 e. The Balaban J connectivity index is 2.34. The molecule has 7 heteroatoms. The molecular weight excluding hydrogens is 296 g/mol. The van der Waals surface area contributed by atoms with Crippen molar-refractivity contribution < 1.29 is 19.3 Å². The fourth-order valence-corrected chi connectivity index (χ4v) is 2.65. The van der Waals surface area contributed by atoms with Gasteiger partial charge in [0.1, 0.15) is 12.0 Å². The lowest BCUT2D eigenvalue weighted by molar-refractivity contribution is -0.112. The van der Waals surface area contributed by atoms with Crippen molar-refractivity contribution in [2.24, 2.45) is 0 Å². The number of morpholine rings is 1. The van der Waals surface area contributed by atoms with Gasteiger partial charge in [-0.15, -0.1) is 0 Å². The number of benzene rings is 1. The molecule has 0 amide bonds. The van der Waals surface area contributed by atoms with E-state index in [2.05, 4.69) is 0 Å². The second-order valence-electron chi connectivity index (χ2n) is 4.28. The largest absolute Gasteiger partial charge is 0.392 e. The van der Waals surface area contributed by atoms with Crippen LogP contribution in [0.25, 0.3) is 0 Å². The van der Waals surface area contributed by atoms with Crippen LogP contribution in [0.5, 0.6) is 0 Å². The quantitative estimate of drug-likeness (QED) is 0.836. The molecule has 19 heavy (non-hydrogen) atoms.